The summed E-state index contributed by atoms with van der Waals surface area (Å²) in [7, 11) is 0. The number of benzene rings is 3. The minimum Gasteiger partial charge on any atom is -0.478 e. The van der Waals surface area contributed by atoms with E-state index in [0.29, 0.717) is 21.2 Å². The maximum absolute atomic E-state index is 14.9. The van der Waals surface area contributed by atoms with E-state index in [0.717, 1.165) is 6.07 Å². The van der Waals surface area contributed by atoms with Gasteiger partial charge in [0.15, 0.2) is 17.7 Å². The molecule has 0 aliphatic rings. The van der Waals surface area contributed by atoms with Crippen LogP contribution in [0.5, 0.6) is 5.75 Å². The summed E-state index contributed by atoms with van der Waals surface area (Å²) in [4.78, 5) is 12.5. The van der Waals surface area contributed by atoms with Crippen LogP contribution in [-0.2, 0) is 0 Å². The van der Waals surface area contributed by atoms with Crippen molar-refractivity contribution < 1.29 is 29.2 Å². The molecule has 9 heteroatoms. The van der Waals surface area contributed by atoms with Crippen LogP contribution in [0.2, 0.25) is 10.0 Å². The highest BCUT2D eigenvalue weighted by atomic mass is 35.5. The van der Waals surface area contributed by atoms with Gasteiger partial charge in [-0.3, -0.25) is 4.79 Å². The van der Waals surface area contributed by atoms with Gasteiger partial charge in [0, 0.05) is 21.2 Å². The first-order chi connectivity index (χ1) is 15.8. The van der Waals surface area contributed by atoms with Crippen LogP contribution in [-0.4, -0.2) is 46.6 Å². The highest BCUT2D eigenvalue weighted by Gasteiger charge is 2.30. The minimum atomic E-state index is -1.63. The third kappa shape index (κ3) is 5.82. The Morgan fingerprint density at radius 1 is 0.970 bits per heavy atom. The Morgan fingerprint density at radius 2 is 1.61 bits per heavy atom. The Morgan fingerprint density at radius 3 is 2.18 bits per heavy atom. The van der Waals surface area contributed by atoms with E-state index in [4.69, 9.17) is 27.9 Å². The Labute approximate surface area is 200 Å². The number of carbonyl (C=O) groups is 1. The topological polar surface area (TPSA) is 99.0 Å². The van der Waals surface area contributed by atoms with Crippen LogP contribution in [0, 0.1) is 5.82 Å². The zero-order valence-electron chi connectivity index (χ0n) is 17.3. The molecule has 3 aromatic carbocycles. The first kappa shape index (κ1) is 25.0. The Kier molecular flexibility index (Phi) is 8.29. The SMILES string of the molecule is O=C(NC(CO)(CO)CO)c1ccc(OC(c2ccc(Cl)cc2)c2ccccc2Cl)c(F)c1. The lowest BCUT2D eigenvalue weighted by atomic mass is 10.0. The number of amides is 1. The summed E-state index contributed by atoms with van der Waals surface area (Å²) < 4.78 is 20.9. The number of rotatable bonds is 9. The van der Waals surface area contributed by atoms with Crippen molar-refractivity contribution in [2.75, 3.05) is 19.8 Å². The van der Waals surface area contributed by atoms with E-state index in [1.54, 1.807) is 48.5 Å². The van der Waals surface area contributed by atoms with E-state index < -0.39 is 43.2 Å². The third-order valence-electron chi connectivity index (χ3n) is 5.09. The summed E-state index contributed by atoms with van der Waals surface area (Å²) in [6.45, 7) is -2.10. The van der Waals surface area contributed by atoms with Crippen molar-refractivity contribution in [2.45, 2.75) is 11.6 Å². The van der Waals surface area contributed by atoms with E-state index in [2.05, 4.69) is 5.32 Å². The van der Waals surface area contributed by atoms with Gasteiger partial charge in [-0.1, -0.05) is 53.5 Å². The van der Waals surface area contributed by atoms with Gasteiger partial charge in [0.2, 0.25) is 0 Å². The number of carbonyl (C=O) groups excluding carboxylic acids is 1. The zero-order chi connectivity index (χ0) is 24.0. The van der Waals surface area contributed by atoms with Gasteiger partial charge in [-0.15, -0.1) is 0 Å². The molecule has 0 fully saturated rings. The Hall–Kier alpha value is -2.68. The average Bonchev–Trinajstić information content (AvgIpc) is 2.83. The summed E-state index contributed by atoms with van der Waals surface area (Å²) in [5.74, 6) is -1.71. The Balaban J connectivity index is 1.90. The lowest BCUT2D eigenvalue weighted by Crippen LogP contribution is -2.57. The highest BCUT2D eigenvalue weighted by Crippen LogP contribution is 2.34. The molecule has 174 valence electrons. The van der Waals surface area contributed by atoms with Gasteiger partial charge >= 0.3 is 0 Å². The van der Waals surface area contributed by atoms with Crippen LogP contribution in [0.4, 0.5) is 4.39 Å². The van der Waals surface area contributed by atoms with Crippen LogP contribution < -0.4 is 10.1 Å². The molecule has 0 radical (unpaired) electrons. The molecule has 1 unspecified atom stereocenters. The molecule has 6 nitrogen and oxygen atoms in total. The maximum atomic E-state index is 14.9. The summed E-state index contributed by atoms with van der Waals surface area (Å²) in [5, 5.41) is 31.4. The summed E-state index contributed by atoms with van der Waals surface area (Å²) in [6.07, 6.45) is -0.754. The predicted molar refractivity (Wildman–Crippen MR) is 123 cm³/mol. The first-order valence-electron chi connectivity index (χ1n) is 9.93. The van der Waals surface area contributed by atoms with E-state index >= 15 is 0 Å². The van der Waals surface area contributed by atoms with Crippen LogP contribution in [0.3, 0.4) is 0 Å². The molecular weight excluding hydrogens is 472 g/mol. The predicted octanol–water partition coefficient (Wildman–Crippen LogP) is 3.75. The smallest absolute Gasteiger partial charge is 0.252 e. The second-order valence-electron chi connectivity index (χ2n) is 7.42. The van der Waals surface area contributed by atoms with Gasteiger partial charge in [-0.2, -0.15) is 0 Å². The van der Waals surface area contributed by atoms with Crippen LogP contribution >= 0.6 is 23.2 Å². The summed E-state index contributed by atoms with van der Waals surface area (Å²) in [5.41, 5.74) is -0.416. The van der Waals surface area contributed by atoms with Gasteiger partial charge in [0.05, 0.1) is 19.8 Å². The minimum absolute atomic E-state index is 0.0830. The molecule has 0 aliphatic carbocycles. The zero-order valence-corrected chi connectivity index (χ0v) is 18.9. The molecule has 0 aromatic heterocycles. The number of ether oxygens (including phenoxy) is 1. The molecule has 3 rings (SSSR count). The van der Waals surface area contributed by atoms with Crippen molar-refractivity contribution >= 4 is 29.1 Å². The van der Waals surface area contributed by atoms with Gasteiger partial charge in [0.1, 0.15) is 5.54 Å². The quantitative estimate of drug-likeness (QED) is 0.363. The molecular formula is C24H22Cl2FNO5. The molecule has 1 amide bonds. The molecule has 0 bridgehead atoms. The summed E-state index contributed by atoms with van der Waals surface area (Å²) >= 11 is 12.4. The first-order valence-corrected chi connectivity index (χ1v) is 10.7. The van der Waals surface area contributed by atoms with Crippen LogP contribution in [0.25, 0.3) is 0 Å². The lowest BCUT2D eigenvalue weighted by molar-refractivity contribution is 0.0375. The monoisotopic (exact) mass is 493 g/mol. The molecule has 4 N–H and O–H groups in total. The maximum Gasteiger partial charge on any atom is 0.252 e. The number of hydrogen-bond donors (Lipinski definition) is 4. The van der Waals surface area contributed by atoms with Gasteiger partial charge in [-0.25, -0.2) is 4.39 Å². The van der Waals surface area contributed by atoms with Gasteiger partial charge in [-0.05, 0) is 42.0 Å². The Bertz CT molecular complexity index is 1100. The molecule has 0 saturated carbocycles. The number of aliphatic hydroxyl groups excluding tert-OH is 3. The van der Waals surface area contributed by atoms with Crippen molar-refractivity contribution in [1.29, 1.82) is 0 Å². The normalized spacial score (nSPS) is 12.3. The fourth-order valence-corrected chi connectivity index (χ4v) is 3.44. The molecule has 0 heterocycles. The average molecular weight is 494 g/mol. The second kappa shape index (κ2) is 11.0. The largest absolute Gasteiger partial charge is 0.478 e. The molecule has 33 heavy (non-hydrogen) atoms. The lowest BCUT2D eigenvalue weighted by Gasteiger charge is -2.28. The van der Waals surface area contributed by atoms with Crippen molar-refractivity contribution in [3.8, 4) is 5.75 Å². The van der Waals surface area contributed by atoms with Gasteiger partial charge in [0.25, 0.3) is 5.91 Å². The standard InChI is InChI=1S/C24H22Cl2FNO5/c25-17-8-5-15(6-9-17)22(18-3-1-2-4-19(18)26)33-21-10-7-16(11-20(21)27)23(32)28-24(12-29,13-30)14-31/h1-11,22,29-31H,12-14H2,(H,28,32). The molecule has 0 saturated heterocycles. The van der Waals surface area contributed by atoms with E-state index in [9.17, 15) is 24.5 Å². The molecule has 0 spiro atoms. The van der Waals surface area contributed by atoms with E-state index in [1.165, 1.54) is 12.1 Å². The van der Waals surface area contributed by atoms with E-state index in [1.807, 2.05) is 0 Å². The molecule has 0 aliphatic heterocycles. The summed E-state index contributed by atoms with van der Waals surface area (Å²) in [6, 6.07) is 17.5. The van der Waals surface area contributed by atoms with Crippen molar-refractivity contribution in [2.24, 2.45) is 0 Å². The number of hydrogen-bond acceptors (Lipinski definition) is 5. The van der Waals surface area contributed by atoms with Crippen molar-refractivity contribution in [1.82, 2.24) is 5.32 Å². The fraction of sp³-hybridized carbons (Fsp3) is 0.208. The third-order valence-corrected chi connectivity index (χ3v) is 5.68. The fourth-order valence-electron chi connectivity index (χ4n) is 3.08. The molecule has 3 aromatic rings. The second-order valence-corrected chi connectivity index (χ2v) is 8.27. The van der Waals surface area contributed by atoms with Gasteiger partial charge < -0.3 is 25.4 Å². The van der Waals surface area contributed by atoms with Crippen LogP contribution in [0.1, 0.15) is 27.6 Å². The highest BCUT2D eigenvalue weighted by molar-refractivity contribution is 6.31. The van der Waals surface area contributed by atoms with Crippen molar-refractivity contribution in [3.05, 3.63) is 99.3 Å². The van der Waals surface area contributed by atoms with Crippen LogP contribution in [0.15, 0.2) is 66.7 Å². The number of aliphatic hydroxyl groups is 3. The number of halogens is 3. The van der Waals surface area contributed by atoms with E-state index in [-0.39, 0.29) is 11.3 Å². The van der Waals surface area contributed by atoms with Crippen molar-refractivity contribution in [3.63, 3.8) is 0 Å². The molecule has 1 atom stereocenters. The number of nitrogens with one attached hydrogen (secondary N) is 1.